The SMILES string of the molecule is Cc1ccc(OCC(=O)NCCCNC(=O)CNC(=O)OC(C)(C)C)cc1. The molecule has 8 nitrogen and oxygen atoms in total. The fourth-order valence-corrected chi connectivity index (χ4v) is 1.91. The number of hydrogen-bond donors (Lipinski definition) is 3. The molecule has 0 aromatic heterocycles. The molecule has 1 aromatic rings. The first-order valence-electron chi connectivity index (χ1n) is 8.85. The van der Waals surface area contributed by atoms with Crippen LogP contribution in [0.1, 0.15) is 32.8 Å². The van der Waals surface area contributed by atoms with E-state index in [0.29, 0.717) is 25.3 Å². The maximum absolute atomic E-state index is 11.7. The van der Waals surface area contributed by atoms with Gasteiger partial charge in [0.15, 0.2) is 6.61 Å². The number of amides is 3. The van der Waals surface area contributed by atoms with E-state index in [9.17, 15) is 14.4 Å². The number of carbonyl (C=O) groups excluding carboxylic acids is 3. The molecule has 0 saturated heterocycles. The van der Waals surface area contributed by atoms with Crippen molar-refractivity contribution in [3.05, 3.63) is 29.8 Å². The third kappa shape index (κ3) is 11.5. The molecule has 8 heteroatoms. The average Bonchev–Trinajstić information content (AvgIpc) is 2.57. The molecule has 0 aliphatic carbocycles. The summed E-state index contributed by atoms with van der Waals surface area (Å²) >= 11 is 0. The van der Waals surface area contributed by atoms with E-state index in [2.05, 4.69) is 16.0 Å². The average molecular weight is 379 g/mol. The van der Waals surface area contributed by atoms with Gasteiger partial charge in [-0.3, -0.25) is 9.59 Å². The molecule has 27 heavy (non-hydrogen) atoms. The summed E-state index contributed by atoms with van der Waals surface area (Å²) < 4.78 is 10.4. The van der Waals surface area contributed by atoms with Crippen molar-refractivity contribution in [2.24, 2.45) is 0 Å². The zero-order valence-corrected chi connectivity index (χ0v) is 16.4. The van der Waals surface area contributed by atoms with Crippen LogP contribution in [0.2, 0.25) is 0 Å². The minimum Gasteiger partial charge on any atom is -0.484 e. The molecule has 3 N–H and O–H groups in total. The van der Waals surface area contributed by atoms with Crippen molar-refractivity contribution < 1.29 is 23.9 Å². The molecule has 0 aliphatic heterocycles. The van der Waals surface area contributed by atoms with Crippen LogP contribution in [0, 0.1) is 6.92 Å². The lowest BCUT2D eigenvalue weighted by molar-refractivity contribution is -0.123. The van der Waals surface area contributed by atoms with E-state index < -0.39 is 11.7 Å². The summed E-state index contributed by atoms with van der Waals surface area (Å²) in [5, 5.41) is 7.73. The highest BCUT2D eigenvalue weighted by Crippen LogP contribution is 2.10. The van der Waals surface area contributed by atoms with E-state index in [-0.39, 0.29) is 25.0 Å². The van der Waals surface area contributed by atoms with E-state index >= 15 is 0 Å². The lowest BCUT2D eigenvalue weighted by Crippen LogP contribution is -2.40. The summed E-state index contributed by atoms with van der Waals surface area (Å²) in [5.41, 5.74) is 0.511. The topological polar surface area (TPSA) is 106 Å². The van der Waals surface area contributed by atoms with Crippen molar-refractivity contribution in [1.82, 2.24) is 16.0 Å². The summed E-state index contributed by atoms with van der Waals surface area (Å²) in [6, 6.07) is 7.44. The first-order valence-corrected chi connectivity index (χ1v) is 8.85. The molecule has 0 atom stereocenters. The monoisotopic (exact) mass is 379 g/mol. The van der Waals surface area contributed by atoms with Crippen molar-refractivity contribution in [2.75, 3.05) is 26.2 Å². The summed E-state index contributed by atoms with van der Waals surface area (Å²) in [7, 11) is 0. The van der Waals surface area contributed by atoms with Crippen molar-refractivity contribution in [3.8, 4) is 5.75 Å². The van der Waals surface area contributed by atoms with E-state index in [0.717, 1.165) is 5.56 Å². The van der Waals surface area contributed by atoms with Crippen LogP contribution >= 0.6 is 0 Å². The van der Waals surface area contributed by atoms with Crippen molar-refractivity contribution >= 4 is 17.9 Å². The summed E-state index contributed by atoms with van der Waals surface area (Å²) in [6.07, 6.45) is -0.0763. The van der Waals surface area contributed by atoms with Crippen LogP contribution in [0.4, 0.5) is 4.79 Å². The summed E-state index contributed by atoms with van der Waals surface area (Å²) in [4.78, 5) is 34.7. The molecule has 0 saturated carbocycles. The number of nitrogens with one attached hydrogen (secondary N) is 3. The predicted molar refractivity (Wildman–Crippen MR) is 102 cm³/mol. The maximum atomic E-state index is 11.7. The number of benzene rings is 1. The molecule has 0 aliphatic rings. The van der Waals surface area contributed by atoms with Gasteiger partial charge in [0.05, 0.1) is 6.54 Å². The van der Waals surface area contributed by atoms with Crippen LogP contribution in [0.5, 0.6) is 5.75 Å². The van der Waals surface area contributed by atoms with Gasteiger partial charge >= 0.3 is 6.09 Å². The molecular weight excluding hydrogens is 350 g/mol. The van der Waals surface area contributed by atoms with Crippen LogP contribution in [-0.4, -0.2) is 49.7 Å². The molecule has 0 heterocycles. The Morgan fingerprint density at radius 1 is 0.926 bits per heavy atom. The summed E-state index contributed by atoms with van der Waals surface area (Å²) in [5.74, 6) is 0.0869. The molecule has 0 bridgehead atoms. The zero-order valence-electron chi connectivity index (χ0n) is 16.4. The van der Waals surface area contributed by atoms with Gasteiger partial charge in [-0.05, 0) is 46.2 Å². The third-order valence-corrected chi connectivity index (χ3v) is 3.18. The minimum absolute atomic E-state index is 0.0603. The van der Waals surface area contributed by atoms with Gasteiger partial charge in [0.2, 0.25) is 5.91 Å². The molecular formula is C19H29N3O5. The van der Waals surface area contributed by atoms with Gasteiger partial charge in [-0.25, -0.2) is 4.79 Å². The van der Waals surface area contributed by atoms with Gasteiger partial charge in [-0.2, -0.15) is 0 Å². The second-order valence-corrected chi connectivity index (χ2v) is 7.01. The number of alkyl carbamates (subject to hydrolysis) is 1. The quantitative estimate of drug-likeness (QED) is 0.564. The number of rotatable bonds is 9. The molecule has 0 fully saturated rings. The highest BCUT2D eigenvalue weighted by atomic mass is 16.6. The highest BCUT2D eigenvalue weighted by molar-refractivity contribution is 5.82. The van der Waals surface area contributed by atoms with Gasteiger partial charge in [0.25, 0.3) is 5.91 Å². The molecule has 0 spiro atoms. The molecule has 0 unspecified atom stereocenters. The predicted octanol–water partition coefficient (Wildman–Crippen LogP) is 1.52. The van der Waals surface area contributed by atoms with Gasteiger partial charge < -0.3 is 25.4 Å². The third-order valence-electron chi connectivity index (χ3n) is 3.18. The Hall–Kier alpha value is -2.77. The molecule has 3 amide bonds. The lowest BCUT2D eigenvalue weighted by atomic mass is 10.2. The Kier molecular flexibility index (Phi) is 9.12. The fraction of sp³-hybridized carbons (Fsp3) is 0.526. The van der Waals surface area contributed by atoms with Crippen LogP contribution < -0.4 is 20.7 Å². The molecule has 150 valence electrons. The number of hydrogen-bond acceptors (Lipinski definition) is 5. The van der Waals surface area contributed by atoms with E-state index in [1.165, 1.54) is 0 Å². The van der Waals surface area contributed by atoms with E-state index in [1.54, 1.807) is 20.8 Å². The van der Waals surface area contributed by atoms with Gasteiger partial charge in [0.1, 0.15) is 11.4 Å². The molecule has 0 radical (unpaired) electrons. The van der Waals surface area contributed by atoms with E-state index in [4.69, 9.17) is 9.47 Å². The Morgan fingerprint density at radius 2 is 1.52 bits per heavy atom. The standard InChI is InChI=1S/C19H29N3O5/c1-14-6-8-15(9-7-14)26-13-17(24)21-11-5-10-20-16(23)12-22-18(25)27-19(2,3)4/h6-9H,5,10-13H2,1-4H3,(H,20,23)(H,21,24)(H,22,25). The first-order chi connectivity index (χ1) is 12.7. The van der Waals surface area contributed by atoms with Crippen LogP contribution in [0.25, 0.3) is 0 Å². The molecule has 1 rings (SSSR count). The van der Waals surface area contributed by atoms with Gasteiger partial charge in [-0.15, -0.1) is 0 Å². The van der Waals surface area contributed by atoms with Crippen LogP contribution in [0.3, 0.4) is 0 Å². The van der Waals surface area contributed by atoms with Crippen LogP contribution in [0.15, 0.2) is 24.3 Å². The number of carbonyl (C=O) groups is 3. The highest BCUT2D eigenvalue weighted by Gasteiger charge is 2.16. The van der Waals surface area contributed by atoms with Crippen molar-refractivity contribution in [2.45, 2.75) is 39.7 Å². The Labute approximate surface area is 160 Å². The Bertz CT molecular complexity index is 623. The van der Waals surface area contributed by atoms with Crippen molar-refractivity contribution in [1.29, 1.82) is 0 Å². The smallest absolute Gasteiger partial charge is 0.408 e. The largest absolute Gasteiger partial charge is 0.484 e. The van der Waals surface area contributed by atoms with Crippen molar-refractivity contribution in [3.63, 3.8) is 0 Å². The lowest BCUT2D eigenvalue weighted by Gasteiger charge is -2.19. The first kappa shape index (κ1) is 22.3. The normalized spacial score (nSPS) is 10.7. The number of ether oxygens (including phenoxy) is 2. The Balaban J connectivity index is 2.05. The summed E-state index contributed by atoms with van der Waals surface area (Å²) in [6.45, 7) is 7.78. The minimum atomic E-state index is -0.640. The Morgan fingerprint density at radius 3 is 2.11 bits per heavy atom. The second kappa shape index (κ2) is 11.1. The van der Waals surface area contributed by atoms with E-state index in [1.807, 2.05) is 31.2 Å². The zero-order chi connectivity index (χ0) is 20.3. The second-order valence-electron chi connectivity index (χ2n) is 7.01. The van der Waals surface area contributed by atoms with Gasteiger partial charge in [-0.1, -0.05) is 17.7 Å². The molecule has 1 aromatic carbocycles. The number of aryl methyl sites for hydroxylation is 1. The van der Waals surface area contributed by atoms with Crippen LogP contribution in [-0.2, 0) is 14.3 Å². The van der Waals surface area contributed by atoms with Gasteiger partial charge in [0, 0.05) is 13.1 Å². The fourth-order valence-electron chi connectivity index (χ4n) is 1.91. The maximum Gasteiger partial charge on any atom is 0.408 e.